The Bertz CT molecular complexity index is 1000. The molecular formula is C26H42N4SSi. The molecule has 2 aromatic rings. The summed E-state index contributed by atoms with van der Waals surface area (Å²) in [6.45, 7) is 19.7. The molecule has 0 unspecified atom stereocenters. The zero-order valence-corrected chi connectivity index (χ0v) is 23.1. The molecule has 2 N–H and O–H groups in total. The number of benzene rings is 1. The molecule has 2 aliphatic rings. The highest BCUT2D eigenvalue weighted by Gasteiger charge is 2.45. The summed E-state index contributed by atoms with van der Waals surface area (Å²) in [6.07, 6.45) is 2.31. The first kappa shape index (κ1) is 23.8. The number of H-pyrrole nitrogens is 1. The van der Waals surface area contributed by atoms with E-state index in [4.69, 9.17) is 12.2 Å². The second-order valence-electron chi connectivity index (χ2n) is 11.5. The van der Waals surface area contributed by atoms with Crippen LogP contribution in [-0.2, 0) is 6.42 Å². The Morgan fingerprint density at radius 1 is 1.25 bits per heavy atom. The van der Waals surface area contributed by atoms with Gasteiger partial charge in [-0.25, -0.2) is 0 Å². The van der Waals surface area contributed by atoms with E-state index < -0.39 is 8.07 Å². The summed E-state index contributed by atoms with van der Waals surface area (Å²) in [5, 5.41) is 8.02. The van der Waals surface area contributed by atoms with Gasteiger partial charge in [0, 0.05) is 53.9 Å². The average Bonchev–Trinajstić information content (AvgIpc) is 3.09. The lowest BCUT2D eigenvalue weighted by Crippen LogP contribution is -2.57. The van der Waals surface area contributed by atoms with Crippen molar-refractivity contribution < 1.29 is 0 Å². The van der Waals surface area contributed by atoms with E-state index in [1.165, 1.54) is 10.9 Å². The number of nitrogens with zero attached hydrogens (tertiary/aromatic N) is 2. The van der Waals surface area contributed by atoms with Crippen molar-refractivity contribution in [3.63, 3.8) is 0 Å². The molecule has 32 heavy (non-hydrogen) atoms. The molecule has 4 rings (SSSR count). The van der Waals surface area contributed by atoms with Crippen LogP contribution in [0.3, 0.4) is 0 Å². The summed E-state index contributed by atoms with van der Waals surface area (Å²) < 4.78 is 0. The van der Waals surface area contributed by atoms with Gasteiger partial charge < -0.3 is 20.1 Å². The first-order valence-electron chi connectivity index (χ1n) is 12.4. The van der Waals surface area contributed by atoms with Gasteiger partial charge in [-0.1, -0.05) is 46.0 Å². The van der Waals surface area contributed by atoms with Crippen molar-refractivity contribution in [1.29, 1.82) is 0 Å². The molecule has 1 aromatic carbocycles. The number of aromatic amines is 1. The normalized spacial score (nSPS) is 23.8. The van der Waals surface area contributed by atoms with Crippen LogP contribution in [-0.4, -0.2) is 66.7 Å². The summed E-state index contributed by atoms with van der Waals surface area (Å²) in [5.41, 5.74) is 4.50. The highest BCUT2D eigenvalue weighted by atomic mass is 32.1. The van der Waals surface area contributed by atoms with E-state index in [1.807, 2.05) is 0 Å². The van der Waals surface area contributed by atoms with E-state index in [1.54, 1.807) is 16.4 Å². The summed E-state index contributed by atoms with van der Waals surface area (Å²) in [4.78, 5) is 8.79. The number of rotatable bonds is 4. The third kappa shape index (κ3) is 3.82. The third-order valence-electron chi connectivity index (χ3n) is 8.73. The first-order chi connectivity index (χ1) is 15.0. The Balaban J connectivity index is 1.72. The average molecular weight is 471 g/mol. The topological polar surface area (TPSA) is 34.3 Å². The van der Waals surface area contributed by atoms with E-state index in [2.05, 4.69) is 93.1 Å². The molecule has 1 fully saturated rings. The third-order valence-corrected chi connectivity index (χ3v) is 14.5. The van der Waals surface area contributed by atoms with E-state index >= 15 is 0 Å². The lowest BCUT2D eigenvalue weighted by Gasteiger charge is -2.47. The molecule has 0 saturated carbocycles. The van der Waals surface area contributed by atoms with Crippen LogP contribution in [0.25, 0.3) is 10.9 Å². The Kier molecular flexibility index (Phi) is 6.27. The molecule has 3 atom stereocenters. The Morgan fingerprint density at radius 2 is 1.94 bits per heavy atom. The smallest absolute Gasteiger partial charge is 0.169 e. The predicted octanol–water partition coefficient (Wildman–Crippen LogP) is 4.81. The van der Waals surface area contributed by atoms with Crippen molar-refractivity contribution in [2.24, 2.45) is 0 Å². The quantitative estimate of drug-likeness (QED) is 0.496. The summed E-state index contributed by atoms with van der Waals surface area (Å²) in [5.74, 6) is 0.546. The number of hydrogen-bond acceptors (Lipinski definition) is 2. The van der Waals surface area contributed by atoms with E-state index in [0.717, 1.165) is 37.6 Å². The largest absolute Gasteiger partial charge is 0.362 e. The van der Waals surface area contributed by atoms with Gasteiger partial charge in [-0.15, -0.1) is 0 Å². The minimum atomic E-state index is -1.66. The molecule has 0 amide bonds. The standard InChI is InChI=1S/C26H42N4SSi/c1-9-30(10-2)25(31)27-17-14-19-18-12-11-13-21-23(18)20(15-22(19)29(6)16-17)24(28-21)32(7,8)26(3,4)5/h11-13,17,19,22,28H,9-10,14-16H2,1-8H3,(H,27,31)/t17-,19+,22+/m0/s1. The van der Waals surface area contributed by atoms with Crippen molar-refractivity contribution in [3.05, 3.63) is 29.3 Å². The number of hydrogen-bond donors (Lipinski definition) is 2. The molecule has 4 nitrogen and oxygen atoms in total. The number of fused-ring (bicyclic) bond motifs is 2. The van der Waals surface area contributed by atoms with Crippen LogP contribution in [0.5, 0.6) is 0 Å². The fourth-order valence-electron chi connectivity index (χ4n) is 5.82. The van der Waals surface area contributed by atoms with Crippen LogP contribution in [0.1, 0.15) is 58.1 Å². The second-order valence-corrected chi connectivity index (χ2v) is 17.1. The van der Waals surface area contributed by atoms with Crippen molar-refractivity contribution in [2.75, 3.05) is 26.7 Å². The number of likely N-dealkylation sites (tertiary alicyclic amines) is 1. The fraction of sp³-hybridized carbons (Fsp3) is 0.654. The summed E-state index contributed by atoms with van der Waals surface area (Å²) >= 11 is 5.74. The Hall–Kier alpha value is -1.37. The van der Waals surface area contributed by atoms with Gasteiger partial charge in [0.25, 0.3) is 0 Å². The molecule has 176 valence electrons. The van der Waals surface area contributed by atoms with Gasteiger partial charge in [-0.3, -0.25) is 0 Å². The number of likely N-dealkylation sites (N-methyl/N-ethyl adjacent to an activating group) is 1. The number of piperidine rings is 1. The monoisotopic (exact) mass is 470 g/mol. The molecular weight excluding hydrogens is 428 g/mol. The Morgan fingerprint density at radius 3 is 2.56 bits per heavy atom. The van der Waals surface area contributed by atoms with Gasteiger partial charge in [0.2, 0.25) is 0 Å². The van der Waals surface area contributed by atoms with Crippen LogP contribution in [0.4, 0.5) is 0 Å². The van der Waals surface area contributed by atoms with Crippen LogP contribution in [0, 0.1) is 0 Å². The maximum Gasteiger partial charge on any atom is 0.169 e. The van der Waals surface area contributed by atoms with Gasteiger partial charge in [0.1, 0.15) is 8.07 Å². The number of nitrogens with one attached hydrogen (secondary N) is 2. The molecule has 0 spiro atoms. The van der Waals surface area contributed by atoms with Crippen LogP contribution in [0.15, 0.2) is 18.2 Å². The zero-order chi connectivity index (χ0) is 23.4. The van der Waals surface area contributed by atoms with Gasteiger partial charge in [-0.2, -0.15) is 0 Å². The highest BCUT2D eigenvalue weighted by Crippen LogP contribution is 2.45. The maximum absolute atomic E-state index is 5.74. The molecule has 1 aliphatic heterocycles. The summed E-state index contributed by atoms with van der Waals surface area (Å²) in [7, 11) is 0.653. The molecule has 1 saturated heterocycles. The molecule has 0 bridgehead atoms. The van der Waals surface area contributed by atoms with E-state index in [-0.39, 0.29) is 0 Å². The molecule has 1 aromatic heterocycles. The SMILES string of the molecule is CCN(CC)C(=S)N[C@H]1C[C@@H]2c3cccc4[nH]c([Si](C)(C)C(C)(C)C)c(c34)C[C@H]2N(C)C1. The van der Waals surface area contributed by atoms with Crippen LogP contribution >= 0.6 is 12.2 Å². The maximum atomic E-state index is 5.74. The lowest BCUT2D eigenvalue weighted by molar-refractivity contribution is 0.133. The first-order valence-corrected chi connectivity index (χ1v) is 15.8. The van der Waals surface area contributed by atoms with Crippen molar-refractivity contribution in [1.82, 2.24) is 20.1 Å². The molecule has 6 heteroatoms. The highest BCUT2D eigenvalue weighted by molar-refractivity contribution is 7.80. The van der Waals surface area contributed by atoms with Crippen LogP contribution < -0.4 is 10.6 Å². The van der Waals surface area contributed by atoms with E-state index in [9.17, 15) is 0 Å². The second kappa shape index (κ2) is 8.44. The zero-order valence-electron chi connectivity index (χ0n) is 21.3. The van der Waals surface area contributed by atoms with Crippen molar-refractivity contribution >= 4 is 41.6 Å². The number of thiocarbonyl (C=S) groups is 1. The fourth-order valence-corrected chi connectivity index (χ4v) is 8.42. The van der Waals surface area contributed by atoms with Gasteiger partial charge in [0.15, 0.2) is 5.11 Å². The van der Waals surface area contributed by atoms with Gasteiger partial charge >= 0.3 is 0 Å². The van der Waals surface area contributed by atoms with E-state index in [0.29, 0.717) is 23.0 Å². The summed E-state index contributed by atoms with van der Waals surface area (Å²) in [6, 6.07) is 7.90. The predicted molar refractivity (Wildman–Crippen MR) is 145 cm³/mol. The van der Waals surface area contributed by atoms with Crippen molar-refractivity contribution in [3.8, 4) is 0 Å². The molecule has 2 heterocycles. The van der Waals surface area contributed by atoms with Crippen molar-refractivity contribution in [2.45, 2.75) is 83.6 Å². The minimum absolute atomic E-state index is 0.314. The van der Waals surface area contributed by atoms with Gasteiger partial charge in [0.05, 0.1) is 0 Å². The van der Waals surface area contributed by atoms with Crippen LogP contribution in [0.2, 0.25) is 18.1 Å². The minimum Gasteiger partial charge on any atom is -0.362 e. The lowest BCUT2D eigenvalue weighted by atomic mass is 9.74. The number of aromatic nitrogens is 1. The molecule has 1 aliphatic carbocycles. The molecule has 0 radical (unpaired) electrons. The Labute approximate surface area is 201 Å². The van der Waals surface area contributed by atoms with Gasteiger partial charge in [-0.05, 0) is 68.2 Å².